The summed E-state index contributed by atoms with van der Waals surface area (Å²) in [6, 6.07) is 10.6. The highest BCUT2D eigenvalue weighted by Gasteiger charge is 2.12. The summed E-state index contributed by atoms with van der Waals surface area (Å²) < 4.78 is 16.8. The lowest BCUT2D eigenvalue weighted by atomic mass is 10.2. The lowest BCUT2D eigenvalue weighted by molar-refractivity contribution is -0.116. The van der Waals surface area contributed by atoms with Crippen LogP contribution in [0.15, 0.2) is 40.9 Å². The predicted molar refractivity (Wildman–Crippen MR) is 97.4 cm³/mol. The maximum atomic E-state index is 12.1. The molecule has 24 heavy (non-hydrogen) atoms. The summed E-state index contributed by atoms with van der Waals surface area (Å²) in [5.41, 5.74) is 0.482. The summed E-state index contributed by atoms with van der Waals surface area (Å²) in [5.74, 6) is 1.44. The Balaban J connectivity index is 1.93. The number of ether oxygens (including phenoxy) is 3. The first-order chi connectivity index (χ1) is 11.5. The van der Waals surface area contributed by atoms with Crippen molar-refractivity contribution in [3.63, 3.8) is 0 Å². The van der Waals surface area contributed by atoms with Gasteiger partial charge in [0.15, 0.2) is 0 Å². The molecule has 128 valence electrons. The van der Waals surface area contributed by atoms with Gasteiger partial charge in [0.25, 0.3) is 0 Å². The van der Waals surface area contributed by atoms with Gasteiger partial charge in [0.1, 0.15) is 17.2 Å². The zero-order valence-electron chi connectivity index (χ0n) is 13.3. The topological polar surface area (TPSA) is 56.8 Å². The summed E-state index contributed by atoms with van der Waals surface area (Å²) in [6.07, 6.45) is 0.194. The van der Waals surface area contributed by atoms with Crippen molar-refractivity contribution in [3.05, 3.63) is 45.9 Å². The molecule has 2 rings (SSSR count). The molecular weight excluding hydrogens is 398 g/mol. The van der Waals surface area contributed by atoms with E-state index in [4.69, 9.17) is 25.8 Å². The van der Waals surface area contributed by atoms with Gasteiger partial charge in [0.2, 0.25) is 5.91 Å². The van der Waals surface area contributed by atoms with Gasteiger partial charge in [-0.15, -0.1) is 0 Å². The second-order valence-corrected chi connectivity index (χ2v) is 6.11. The molecule has 0 bridgehead atoms. The Morgan fingerprint density at radius 3 is 2.58 bits per heavy atom. The normalized spacial score (nSPS) is 10.2. The first kappa shape index (κ1) is 18.4. The molecule has 0 unspecified atom stereocenters. The van der Waals surface area contributed by atoms with Crippen LogP contribution in [-0.2, 0) is 4.79 Å². The zero-order chi connectivity index (χ0) is 17.5. The van der Waals surface area contributed by atoms with E-state index < -0.39 is 0 Å². The minimum atomic E-state index is -0.204. The Bertz CT molecular complexity index is 724. The van der Waals surface area contributed by atoms with Gasteiger partial charge in [-0.2, -0.15) is 0 Å². The molecule has 0 saturated carbocycles. The Hall–Kier alpha value is -1.92. The molecule has 1 amide bonds. The summed E-state index contributed by atoms with van der Waals surface area (Å²) >= 11 is 9.45. The first-order valence-electron chi connectivity index (χ1n) is 7.13. The fraction of sp³-hybridized carbons (Fsp3) is 0.235. The van der Waals surface area contributed by atoms with Crippen LogP contribution in [0.2, 0.25) is 5.02 Å². The van der Waals surface area contributed by atoms with E-state index in [0.29, 0.717) is 28.0 Å². The summed E-state index contributed by atoms with van der Waals surface area (Å²) in [5, 5.41) is 3.15. The summed E-state index contributed by atoms with van der Waals surface area (Å²) in [4.78, 5) is 12.1. The second-order valence-electron chi connectivity index (χ2n) is 4.79. The fourth-order valence-electron chi connectivity index (χ4n) is 1.99. The molecule has 7 heteroatoms. The van der Waals surface area contributed by atoms with Gasteiger partial charge in [0.05, 0.1) is 38.0 Å². The molecule has 0 radical (unpaired) electrons. The van der Waals surface area contributed by atoms with Crippen molar-refractivity contribution >= 4 is 39.1 Å². The number of nitrogens with one attached hydrogen (secondary N) is 1. The van der Waals surface area contributed by atoms with E-state index in [9.17, 15) is 4.79 Å². The number of benzene rings is 2. The van der Waals surface area contributed by atoms with E-state index in [1.54, 1.807) is 12.1 Å². The van der Waals surface area contributed by atoms with E-state index >= 15 is 0 Å². The van der Waals surface area contributed by atoms with Crippen molar-refractivity contribution in [1.82, 2.24) is 0 Å². The van der Waals surface area contributed by atoms with Gasteiger partial charge in [-0.05, 0) is 24.3 Å². The molecule has 0 saturated heterocycles. The average molecular weight is 415 g/mol. The van der Waals surface area contributed by atoms with Crippen LogP contribution in [0.4, 0.5) is 5.69 Å². The van der Waals surface area contributed by atoms with Crippen molar-refractivity contribution in [3.8, 4) is 17.2 Å². The minimum absolute atomic E-state index is 0.194. The van der Waals surface area contributed by atoms with E-state index in [-0.39, 0.29) is 18.9 Å². The van der Waals surface area contributed by atoms with Crippen LogP contribution in [0.5, 0.6) is 17.2 Å². The lowest BCUT2D eigenvalue weighted by Gasteiger charge is -2.13. The van der Waals surface area contributed by atoms with E-state index in [0.717, 1.165) is 4.47 Å². The van der Waals surface area contributed by atoms with Crippen LogP contribution < -0.4 is 19.5 Å². The second kappa shape index (κ2) is 8.80. The van der Waals surface area contributed by atoms with Crippen LogP contribution in [0, 0.1) is 0 Å². The third kappa shape index (κ3) is 5.04. The fourth-order valence-corrected chi connectivity index (χ4v) is 2.61. The molecule has 2 aromatic rings. The van der Waals surface area contributed by atoms with Gasteiger partial charge in [-0.1, -0.05) is 33.6 Å². The van der Waals surface area contributed by atoms with Crippen molar-refractivity contribution < 1.29 is 19.0 Å². The van der Waals surface area contributed by atoms with Crippen molar-refractivity contribution in [2.45, 2.75) is 6.42 Å². The lowest BCUT2D eigenvalue weighted by Crippen LogP contribution is -2.15. The molecular formula is C17H17BrClNO4. The predicted octanol–water partition coefficient (Wildman–Crippen LogP) is 4.53. The van der Waals surface area contributed by atoms with Crippen molar-refractivity contribution in [2.75, 3.05) is 26.1 Å². The number of amides is 1. The number of halogens is 2. The largest absolute Gasteiger partial charge is 0.495 e. The van der Waals surface area contributed by atoms with Crippen LogP contribution in [0.3, 0.4) is 0 Å². The first-order valence-corrected chi connectivity index (χ1v) is 8.30. The number of methoxy groups -OCH3 is 2. The molecule has 5 nitrogen and oxygen atoms in total. The Kier molecular flexibility index (Phi) is 6.75. The Labute approximate surface area is 154 Å². The maximum Gasteiger partial charge on any atom is 0.227 e. The molecule has 1 N–H and O–H groups in total. The van der Waals surface area contributed by atoms with Gasteiger partial charge >= 0.3 is 0 Å². The van der Waals surface area contributed by atoms with Crippen LogP contribution in [0.1, 0.15) is 6.42 Å². The van der Waals surface area contributed by atoms with E-state index in [2.05, 4.69) is 21.2 Å². The molecule has 0 fully saturated rings. The Morgan fingerprint density at radius 2 is 1.92 bits per heavy atom. The molecule has 0 aliphatic rings. The third-order valence-electron chi connectivity index (χ3n) is 3.14. The number of carbonyl (C=O) groups is 1. The number of hydrogen-bond donors (Lipinski definition) is 1. The standard InChI is InChI=1S/C17H17BrClNO4/c1-22-15-10-16(23-2)14(9-13(15)19)20-17(21)6-7-24-12-5-3-4-11(18)8-12/h3-5,8-10H,6-7H2,1-2H3,(H,20,21). The molecule has 0 heterocycles. The highest BCUT2D eigenvalue weighted by atomic mass is 79.9. The van der Waals surface area contributed by atoms with Crippen LogP contribution in [0.25, 0.3) is 0 Å². The third-order valence-corrected chi connectivity index (χ3v) is 3.93. The van der Waals surface area contributed by atoms with Gasteiger partial charge < -0.3 is 19.5 Å². The number of hydrogen-bond acceptors (Lipinski definition) is 4. The number of carbonyl (C=O) groups excluding carboxylic acids is 1. The molecule has 0 aliphatic heterocycles. The SMILES string of the molecule is COc1cc(OC)c(NC(=O)CCOc2cccc(Br)c2)cc1Cl. The van der Waals surface area contributed by atoms with Gasteiger partial charge in [-0.3, -0.25) is 4.79 Å². The summed E-state index contributed by atoms with van der Waals surface area (Å²) in [7, 11) is 3.02. The maximum absolute atomic E-state index is 12.1. The Morgan fingerprint density at radius 1 is 1.17 bits per heavy atom. The molecule has 0 aromatic heterocycles. The summed E-state index contributed by atoms with van der Waals surface area (Å²) in [6.45, 7) is 0.258. The van der Waals surface area contributed by atoms with Crippen molar-refractivity contribution in [2.24, 2.45) is 0 Å². The van der Waals surface area contributed by atoms with Gasteiger partial charge in [0, 0.05) is 10.5 Å². The quantitative estimate of drug-likeness (QED) is 0.723. The number of anilines is 1. The average Bonchev–Trinajstić information content (AvgIpc) is 2.55. The van der Waals surface area contributed by atoms with Crippen LogP contribution in [-0.4, -0.2) is 26.7 Å². The highest BCUT2D eigenvalue weighted by Crippen LogP contribution is 2.35. The zero-order valence-corrected chi connectivity index (χ0v) is 15.6. The molecule has 0 atom stereocenters. The van der Waals surface area contributed by atoms with Gasteiger partial charge in [-0.25, -0.2) is 0 Å². The molecule has 0 aliphatic carbocycles. The highest BCUT2D eigenvalue weighted by molar-refractivity contribution is 9.10. The van der Waals surface area contributed by atoms with Crippen LogP contribution >= 0.6 is 27.5 Å². The molecule has 2 aromatic carbocycles. The smallest absolute Gasteiger partial charge is 0.227 e. The monoisotopic (exact) mass is 413 g/mol. The minimum Gasteiger partial charge on any atom is -0.495 e. The number of rotatable bonds is 7. The van der Waals surface area contributed by atoms with E-state index in [1.165, 1.54) is 14.2 Å². The van der Waals surface area contributed by atoms with Crippen molar-refractivity contribution in [1.29, 1.82) is 0 Å². The molecule has 0 spiro atoms. The van der Waals surface area contributed by atoms with E-state index in [1.807, 2.05) is 24.3 Å².